The van der Waals surface area contributed by atoms with Gasteiger partial charge < -0.3 is 4.74 Å². The summed E-state index contributed by atoms with van der Waals surface area (Å²) in [5, 5.41) is 18.1. The van der Waals surface area contributed by atoms with Gasteiger partial charge in [-0.1, -0.05) is 30.3 Å². The molecule has 2 aromatic carbocycles. The van der Waals surface area contributed by atoms with Gasteiger partial charge in [0.15, 0.2) is 0 Å². The number of aromatic nitrogens is 2. The van der Waals surface area contributed by atoms with Gasteiger partial charge in [-0.05, 0) is 12.1 Å². The number of non-ortho nitro benzene ring substituents is 1. The minimum absolute atomic E-state index is 0.0107. The maximum absolute atomic E-state index is 10.8. The number of nitro benzene ring substituents is 1. The fourth-order valence-electron chi connectivity index (χ4n) is 2.23. The molecular formula is C16H13N3O3. The predicted octanol–water partition coefficient (Wildman–Crippen LogP) is 3.66. The maximum atomic E-state index is 10.8. The van der Waals surface area contributed by atoms with Crippen molar-refractivity contribution >= 4 is 5.69 Å². The summed E-state index contributed by atoms with van der Waals surface area (Å²) in [7, 11) is 1.48. The van der Waals surface area contributed by atoms with Crippen LogP contribution in [0, 0.1) is 10.1 Å². The fraction of sp³-hybridized carbons (Fsp3) is 0.0625. The zero-order valence-electron chi connectivity index (χ0n) is 11.8. The monoisotopic (exact) mass is 295 g/mol. The van der Waals surface area contributed by atoms with Crippen molar-refractivity contribution in [3.63, 3.8) is 0 Å². The highest BCUT2D eigenvalue weighted by atomic mass is 16.6. The number of methoxy groups -OCH3 is 1. The first-order valence-electron chi connectivity index (χ1n) is 6.62. The molecule has 0 aliphatic rings. The highest BCUT2D eigenvalue weighted by molar-refractivity contribution is 5.73. The first kappa shape index (κ1) is 13.8. The molecular weight excluding hydrogens is 282 g/mol. The van der Waals surface area contributed by atoms with Crippen molar-refractivity contribution in [1.29, 1.82) is 0 Å². The lowest BCUT2D eigenvalue weighted by Gasteiger charge is -2.05. The summed E-state index contributed by atoms with van der Waals surface area (Å²) in [5.74, 6) is 0.428. The quantitative estimate of drug-likeness (QED) is 0.588. The van der Waals surface area contributed by atoms with E-state index in [4.69, 9.17) is 4.74 Å². The number of ether oxygens (including phenoxy) is 1. The summed E-state index contributed by atoms with van der Waals surface area (Å²) in [6, 6.07) is 16.1. The molecule has 0 aliphatic heterocycles. The number of nitro groups is 1. The molecule has 3 aromatic rings. The van der Waals surface area contributed by atoms with E-state index < -0.39 is 4.92 Å². The highest BCUT2D eigenvalue weighted by Crippen LogP contribution is 2.33. The van der Waals surface area contributed by atoms with Gasteiger partial charge in [-0.15, -0.1) is 0 Å². The van der Waals surface area contributed by atoms with Gasteiger partial charge in [-0.25, -0.2) is 0 Å². The van der Waals surface area contributed by atoms with E-state index in [0.29, 0.717) is 5.75 Å². The Morgan fingerprint density at radius 2 is 1.91 bits per heavy atom. The third kappa shape index (κ3) is 2.54. The first-order chi connectivity index (χ1) is 10.7. The van der Waals surface area contributed by atoms with Crippen molar-refractivity contribution in [3.8, 4) is 28.3 Å². The van der Waals surface area contributed by atoms with Crippen LogP contribution in [0.25, 0.3) is 22.5 Å². The standard InChI is InChI=1S/C16H13N3O3/c1-22-16-9-12(19(20)21)7-8-13(16)15-10-14(17-18-15)11-5-3-2-4-6-11/h2-10H,1H3,(H,17,18). The molecule has 0 unspecified atom stereocenters. The van der Waals surface area contributed by atoms with Gasteiger partial charge in [0.2, 0.25) is 0 Å². The van der Waals surface area contributed by atoms with E-state index in [1.807, 2.05) is 36.4 Å². The van der Waals surface area contributed by atoms with Gasteiger partial charge in [0, 0.05) is 17.2 Å². The predicted molar refractivity (Wildman–Crippen MR) is 82.7 cm³/mol. The zero-order chi connectivity index (χ0) is 15.5. The molecule has 110 valence electrons. The highest BCUT2D eigenvalue weighted by Gasteiger charge is 2.14. The van der Waals surface area contributed by atoms with E-state index in [-0.39, 0.29) is 5.69 Å². The Hall–Kier alpha value is -3.15. The van der Waals surface area contributed by atoms with Crippen molar-refractivity contribution in [3.05, 3.63) is 64.7 Å². The van der Waals surface area contributed by atoms with E-state index in [2.05, 4.69) is 10.2 Å². The van der Waals surface area contributed by atoms with E-state index in [1.165, 1.54) is 19.2 Å². The van der Waals surface area contributed by atoms with Crippen LogP contribution in [0.2, 0.25) is 0 Å². The largest absolute Gasteiger partial charge is 0.496 e. The lowest BCUT2D eigenvalue weighted by molar-refractivity contribution is -0.384. The molecule has 3 rings (SSSR count). The van der Waals surface area contributed by atoms with Crippen molar-refractivity contribution < 1.29 is 9.66 Å². The van der Waals surface area contributed by atoms with Crippen LogP contribution in [0.5, 0.6) is 5.75 Å². The molecule has 1 N–H and O–H groups in total. The van der Waals surface area contributed by atoms with Crippen molar-refractivity contribution in [2.75, 3.05) is 7.11 Å². The molecule has 1 aromatic heterocycles. The molecule has 0 saturated carbocycles. The zero-order valence-corrected chi connectivity index (χ0v) is 11.8. The van der Waals surface area contributed by atoms with E-state index in [9.17, 15) is 10.1 Å². The number of nitrogens with zero attached hydrogens (tertiary/aromatic N) is 2. The van der Waals surface area contributed by atoms with Crippen LogP contribution in [0.15, 0.2) is 54.6 Å². The molecule has 0 radical (unpaired) electrons. The molecule has 6 heteroatoms. The summed E-state index contributed by atoms with van der Waals surface area (Å²) in [6.07, 6.45) is 0. The normalized spacial score (nSPS) is 10.4. The molecule has 1 heterocycles. The number of aromatic amines is 1. The minimum Gasteiger partial charge on any atom is -0.496 e. The Morgan fingerprint density at radius 3 is 2.59 bits per heavy atom. The molecule has 0 saturated heterocycles. The molecule has 0 fully saturated rings. The van der Waals surface area contributed by atoms with Crippen LogP contribution in [0.1, 0.15) is 0 Å². The number of rotatable bonds is 4. The number of benzene rings is 2. The Bertz CT molecular complexity index is 813. The average molecular weight is 295 g/mol. The second-order valence-electron chi connectivity index (χ2n) is 4.67. The third-order valence-electron chi connectivity index (χ3n) is 3.33. The molecule has 6 nitrogen and oxygen atoms in total. The van der Waals surface area contributed by atoms with Gasteiger partial charge in [-0.2, -0.15) is 5.10 Å². The number of nitrogens with one attached hydrogen (secondary N) is 1. The van der Waals surface area contributed by atoms with Gasteiger partial charge in [0.1, 0.15) is 5.75 Å². The minimum atomic E-state index is -0.450. The van der Waals surface area contributed by atoms with Crippen LogP contribution < -0.4 is 4.74 Å². The lowest BCUT2D eigenvalue weighted by Crippen LogP contribution is -1.92. The van der Waals surface area contributed by atoms with Crippen LogP contribution in [0.4, 0.5) is 5.69 Å². The summed E-state index contributed by atoms with van der Waals surface area (Å²) in [4.78, 5) is 10.4. The average Bonchev–Trinajstić information content (AvgIpc) is 3.04. The molecule has 0 atom stereocenters. The van der Waals surface area contributed by atoms with E-state index in [1.54, 1.807) is 6.07 Å². The van der Waals surface area contributed by atoms with Crippen molar-refractivity contribution in [1.82, 2.24) is 10.2 Å². The Labute approximate surface area is 126 Å². The molecule has 0 spiro atoms. The van der Waals surface area contributed by atoms with Crippen molar-refractivity contribution in [2.24, 2.45) is 0 Å². The summed E-state index contributed by atoms with van der Waals surface area (Å²) < 4.78 is 5.25. The Morgan fingerprint density at radius 1 is 1.14 bits per heavy atom. The topological polar surface area (TPSA) is 81.1 Å². The number of hydrogen-bond donors (Lipinski definition) is 1. The molecule has 22 heavy (non-hydrogen) atoms. The second kappa shape index (κ2) is 5.69. The first-order valence-corrected chi connectivity index (χ1v) is 6.62. The summed E-state index contributed by atoms with van der Waals surface area (Å²) in [5.41, 5.74) is 3.25. The number of H-pyrrole nitrogens is 1. The van der Waals surface area contributed by atoms with Gasteiger partial charge in [-0.3, -0.25) is 15.2 Å². The van der Waals surface area contributed by atoms with Gasteiger partial charge in [0.25, 0.3) is 5.69 Å². The van der Waals surface area contributed by atoms with Crippen LogP contribution >= 0.6 is 0 Å². The Balaban J connectivity index is 2.02. The summed E-state index contributed by atoms with van der Waals surface area (Å²) >= 11 is 0. The van der Waals surface area contributed by atoms with Crippen LogP contribution in [0.3, 0.4) is 0 Å². The van der Waals surface area contributed by atoms with Crippen LogP contribution in [-0.4, -0.2) is 22.2 Å². The molecule has 0 aliphatic carbocycles. The molecule has 0 amide bonds. The van der Waals surface area contributed by atoms with Crippen LogP contribution in [-0.2, 0) is 0 Å². The maximum Gasteiger partial charge on any atom is 0.273 e. The molecule has 0 bridgehead atoms. The SMILES string of the molecule is COc1cc([N+](=O)[O-])ccc1-c1cc(-c2ccccc2)n[nH]1. The smallest absolute Gasteiger partial charge is 0.273 e. The van der Waals surface area contributed by atoms with Gasteiger partial charge in [0.05, 0.1) is 29.5 Å². The lowest BCUT2D eigenvalue weighted by atomic mass is 10.1. The van der Waals surface area contributed by atoms with Gasteiger partial charge >= 0.3 is 0 Å². The van der Waals surface area contributed by atoms with E-state index >= 15 is 0 Å². The fourth-order valence-corrected chi connectivity index (χ4v) is 2.23. The second-order valence-corrected chi connectivity index (χ2v) is 4.67. The van der Waals surface area contributed by atoms with E-state index in [0.717, 1.165) is 22.5 Å². The number of hydrogen-bond acceptors (Lipinski definition) is 4. The van der Waals surface area contributed by atoms with Crippen molar-refractivity contribution in [2.45, 2.75) is 0 Å². The summed E-state index contributed by atoms with van der Waals surface area (Å²) in [6.45, 7) is 0. The third-order valence-corrected chi connectivity index (χ3v) is 3.33. The Kier molecular flexibility index (Phi) is 3.57.